The van der Waals surface area contributed by atoms with E-state index in [4.69, 9.17) is 8.39 Å². The summed E-state index contributed by atoms with van der Waals surface area (Å²) in [6.45, 7) is 17.0. The minimum Gasteiger partial charge on any atom is -0.407 e. The Balaban J connectivity index is 1.87. The molecule has 0 aliphatic heterocycles. The van der Waals surface area contributed by atoms with E-state index in [1.807, 2.05) is 0 Å². The second-order valence-corrected chi connectivity index (χ2v) is 12.1. The highest BCUT2D eigenvalue weighted by Gasteiger charge is 2.29. The van der Waals surface area contributed by atoms with Crippen LogP contribution in [0.15, 0.2) is 130 Å². The molecule has 5 rings (SSSR count). The van der Waals surface area contributed by atoms with Crippen LogP contribution in [-0.4, -0.2) is 0 Å². The molecule has 0 unspecified atom stereocenters. The molecule has 40 heavy (non-hydrogen) atoms. The van der Waals surface area contributed by atoms with Crippen LogP contribution < -0.4 is 4.67 Å². The van der Waals surface area contributed by atoms with E-state index in [1.165, 1.54) is 11.1 Å². The molecule has 0 radical (unpaired) electrons. The minimum absolute atomic E-state index is 0.0362. The molecule has 0 aliphatic rings. The molecule has 0 saturated heterocycles. The van der Waals surface area contributed by atoms with Gasteiger partial charge in [0.1, 0.15) is 11.2 Å². The molecular formula is C36H38NO2P. The zero-order valence-corrected chi connectivity index (χ0v) is 24.8. The van der Waals surface area contributed by atoms with E-state index in [9.17, 15) is 0 Å². The zero-order chi connectivity index (χ0) is 28.2. The number of benzene rings is 4. The smallest absolute Gasteiger partial charge is 0.310 e. The topological polar surface area (TPSA) is 29.5 Å². The summed E-state index contributed by atoms with van der Waals surface area (Å²) < 4.78 is 16.6. The van der Waals surface area contributed by atoms with Crippen LogP contribution in [0.25, 0.3) is 21.9 Å². The number of hydrogen-bond donors (Lipinski definition) is 0. The molecule has 5 aromatic rings. The van der Waals surface area contributed by atoms with E-state index in [-0.39, 0.29) is 12.1 Å². The van der Waals surface area contributed by atoms with Gasteiger partial charge in [0.05, 0.1) is 0 Å². The highest BCUT2D eigenvalue weighted by molar-refractivity contribution is 7.39. The maximum Gasteiger partial charge on any atom is 0.310 e. The fraction of sp³-hybridized carbons (Fsp3) is 0.222. The first kappa shape index (κ1) is 27.8. The van der Waals surface area contributed by atoms with Gasteiger partial charge in [-0.15, -0.1) is 0 Å². The molecule has 204 valence electrons. The van der Waals surface area contributed by atoms with Crippen molar-refractivity contribution >= 4 is 30.1 Å². The van der Waals surface area contributed by atoms with Gasteiger partial charge in [0.2, 0.25) is 0 Å². The second-order valence-electron chi connectivity index (χ2n) is 10.8. The van der Waals surface area contributed by atoms with Crippen molar-refractivity contribution in [3.05, 3.63) is 144 Å². The molecule has 1 heterocycles. The van der Waals surface area contributed by atoms with Gasteiger partial charge in [-0.3, -0.25) is 0 Å². The first-order valence-electron chi connectivity index (χ1n) is 13.9. The third-order valence-electron chi connectivity index (χ3n) is 7.35. The van der Waals surface area contributed by atoms with E-state index < -0.39 is 8.16 Å². The lowest BCUT2D eigenvalue weighted by atomic mass is 10.0. The Kier molecular flexibility index (Phi) is 8.45. The third kappa shape index (κ3) is 5.87. The Morgan fingerprint density at radius 2 is 1.02 bits per heavy atom. The van der Waals surface area contributed by atoms with Crippen molar-refractivity contribution in [3.8, 4) is 0 Å². The van der Waals surface area contributed by atoms with Gasteiger partial charge >= 0.3 is 8.16 Å². The summed E-state index contributed by atoms with van der Waals surface area (Å²) in [6, 6.07) is 34.1. The maximum atomic E-state index is 7.08. The first-order valence-corrected chi connectivity index (χ1v) is 15.0. The van der Waals surface area contributed by atoms with Crippen molar-refractivity contribution in [1.82, 2.24) is 0 Å². The largest absolute Gasteiger partial charge is 0.407 e. The number of fused-ring (bicyclic) bond motifs is 3. The van der Waals surface area contributed by atoms with Crippen LogP contribution >= 0.6 is 8.16 Å². The predicted octanol–water partition coefficient (Wildman–Crippen LogP) is 11.0. The van der Waals surface area contributed by atoms with Gasteiger partial charge < -0.3 is 8.39 Å². The lowest BCUT2D eigenvalue weighted by Crippen LogP contribution is -2.27. The fourth-order valence-electron chi connectivity index (χ4n) is 5.39. The van der Waals surface area contributed by atoms with Crippen LogP contribution in [0.5, 0.6) is 0 Å². The summed E-state index contributed by atoms with van der Waals surface area (Å²) in [5, 5.41) is 2.11. The van der Waals surface area contributed by atoms with E-state index in [2.05, 4.69) is 143 Å². The fourth-order valence-corrected chi connectivity index (χ4v) is 7.20. The SMILES string of the molecule is C=C(C)Cc1cccc2c1op(N([C@@H](C)c1ccccc1)[C@@H](C)c1ccccc1)oc1c(CC(=C)C)cccc12. The van der Waals surface area contributed by atoms with Gasteiger partial charge in [-0.1, -0.05) is 121 Å². The Hall–Kier alpha value is -3.78. The number of rotatable bonds is 9. The average molecular weight is 548 g/mol. The van der Waals surface area contributed by atoms with Crippen molar-refractivity contribution in [2.45, 2.75) is 52.6 Å². The summed E-state index contributed by atoms with van der Waals surface area (Å²) in [7, 11) is -1.57. The van der Waals surface area contributed by atoms with Crippen LogP contribution in [0.3, 0.4) is 0 Å². The number of para-hydroxylation sites is 2. The zero-order valence-electron chi connectivity index (χ0n) is 23.9. The summed E-state index contributed by atoms with van der Waals surface area (Å²) in [5.74, 6) is 0. The van der Waals surface area contributed by atoms with Gasteiger partial charge in [-0.2, -0.15) is 4.67 Å². The molecule has 0 bridgehead atoms. The van der Waals surface area contributed by atoms with E-state index in [0.29, 0.717) is 0 Å². The number of nitrogens with zero attached hydrogens (tertiary/aromatic N) is 1. The van der Waals surface area contributed by atoms with Gasteiger partial charge in [0.25, 0.3) is 0 Å². The monoisotopic (exact) mass is 547 g/mol. The molecule has 0 fully saturated rings. The highest BCUT2D eigenvalue weighted by atomic mass is 31.1. The Morgan fingerprint density at radius 3 is 1.40 bits per heavy atom. The van der Waals surface area contributed by atoms with Crippen LogP contribution in [0.1, 0.15) is 62.0 Å². The molecule has 0 N–H and O–H groups in total. The summed E-state index contributed by atoms with van der Waals surface area (Å²) in [4.78, 5) is 0. The Morgan fingerprint density at radius 1 is 0.625 bits per heavy atom. The average Bonchev–Trinajstić information content (AvgIpc) is 3.12. The van der Waals surface area contributed by atoms with Gasteiger partial charge in [-0.25, -0.2) is 0 Å². The van der Waals surface area contributed by atoms with Crippen LogP contribution in [-0.2, 0) is 12.8 Å². The van der Waals surface area contributed by atoms with Gasteiger partial charge in [-0.05, 0) is 62.8 Å². The molecule has 0 aliphatic carbocycles. The van der Waals surface area contributed by atoms with E-state index >= 15 is 0 Å². The van der Waals surface area contributed by atoms with Crippen molar-refractivity contribution in [1.29, 1.82) is 0 Å². The van der Waals surface area contributed by atoms with E-state index in [1.54, 1.807) is 0 Å². The molecule has 0 amide bonds. The molecule has 3 nitrogen and oxygen atoms in total. The highest BCUT2D eigenvalue weighted by Crippen LogP contribution is 2.47. The molecule has 4 heteroatoms. The van der Waals surface area contributed by atoms with Crippen LogP contribution in [0.2, 0.25) is 0 Å². The van der Waals surface area contributed by atoms with Crippen molar-refractivity contribution < 1.29 is 8.39 Å². The minimum atomic E-state index is -1.57. The van der Waals surface area contributed by atoms with Gasteiger partial charge in [0, 0.05) is 22.9 Å². The quantitative estimate of drug-likeness (QED) is 0.172. The lowest BCUT2D eigenvalue weighted by molar-refractivity contribution is 0.556. The van der Waals surface area contributed by atoms with Crippen LogP contribution in [0, 0.1) is 0 Å². The van der Waals surface area contributed by atoms with Crippen molar-refractivity contribution in [2.75, 3.05) is 4.67 Å². The van der Waals surface area contributed by atoms with Gasteiger partial charge in [0.15, 0.2) is 0 Å². The Labute approximate surface area is 239 Å². The molecule has 0 saturated carbocycles. The van der Waals surface area contributed by atoms with E-state index in [0.717, 1.165) is 57.1 Å². The normalized spacial score (nSPS) is 12.9. The molecule has 0 spiro atoms. The van der Waals surface area contributed by atoms with Crippen molar-refractivity contribution in [2.24, 2.45) is 0 Å². The lowest BCUT2D eigenvalue weighted by Gasteiger charge is -2.32. The molecular weight excluding hydrogens is 509 g/mol. The number of allylic oxidation sites excluding steroid dienone is 2. The van der Waals surface area contributed by atoms with Crippen LogP contribution in [0.4, 0.5) is 0 Å². The Bertz CT molecular complexity index is 1560. The number of hydrogen-bond acceptors (Lipinski definition) is 3. The predicted molar refractivity (Wildman–Crippen MR) is 171 cm³/mol. The summed E-state index contributed by atoms with van der Waals surface area (Å²) in [5.41, 5.74) is 8.63. The summed E-state index contributed by atoms with van der Waals surface area (Å²) >= 11 is 0. The summed E-state index contributed by atoms with van der Waals surface area (Å²) in [6.07, 6.45) is 1.49. The third-order valence-corrected chi connectivity index (χ3v) is 9.10. The molecule has 4 aromatic carbocycles. The first-order chi connectivity index (χ1) is 19.3. The second kappa shape index (κ2) is 12.2. The molecule has 1 aromatic heterocycles. The van der Waals surface area contributed by atoms with Crippen molar-refractivity contribution in [3.63, 3.8) is 0 Å². The standard InChI is InChI=1S/C36H38NO2P/c1-25(2)23-31-19-13-21-33-34-22-14-20-32(24-26(3)4)36(34)39-40(38-35(31)33)37(27(5)29-15-9-7-10-16-29)28(6)30-17-11-8-12-18-30/h7-22,27-28H,1,3,23-24H2,2,4-6H3/t27-,28-/m0/s1. The molecule has 2 atom stereocenters. The maximum absolute atomic E-state index is 7.08.